The zero-order chi connectivity index (χ0) is 25.4. The number of benzene rings is 1. The Morgan fingerprint density at radius 3 is 2.64 bits per heavy atom. The normalized spacial score (nSPS) is 13.6. The van der Waals surface area contributed by atoms with Crippen LogP contribution in [0.1, 0.15) is 34.2 Å². The fourth-order valence-electron chi connectivity index (χ4n) is 4.52. The second-order valence-corrected chi connectivity index (χ2v) is 9.37. The van der Waals surface area contributed by atoms with Crippen LogP contribution in [0.3, 0.4) is 0 Å². The van der Waals surface area contributed by atoms with Gasteiger partial charge in [0.1, 0.15) is 5.75 Å². The monoisotopic (exact) mass is 485 g/mol. The number of carbonyl (C=O) groups excluding carboxylic acids is 1. The summed E-state index contributed by atoms with van der Waals surface area (Å²) in [5.74, 6) is -0.0764. The zero-order valence-electron chi connectivity index (χ0n) is 21.0. The summed E-state index contributed by atoms with van der Waals surface area (Å²) < 4.78 is 1.92. The molecule has 0 atom stereocenters. The van der Waals surface area contributed by atoms with E-state index in [1.54, 1.807) is 36.2 Å². The first-order valence-electron chi connectivity index (χ1n) is 12.2. The predicted octanol–water partition coefficient (Wildman–Crippen LogP) is 3.49. The van der Waals surface area contributed by atoms with Crippen molar-refractivity contribution in [2.45, 2.75) is 39.9 Å². The topological polar surface area (TPSA) is 108 Å². The number of aryl methyl sites for hydroxylation is 2. The lowest BCUT2D eigenvalue weighted by Gasteiger charge is -2.29. The number of pyridine rings is 2. The van der Waals surface area contributed by atoms with Gasteiger partial charge in [0.25, 0.3) is 5.91 Å². The van der Waals surface area contributed by atoms with Gasteiger partial charge in [0.2, 0.25) is 0 Å². The highest BCUT2D eigenvalue weighted by molar-refractivity contribution is 6.07. The van der Waals surface area contributed by atoms with Gasteiger partial charge < -0.3 is 20.6 Å². The Morgan fingerprint density at radius 1 is 1.17 bits per heavy atom. The van der Waals surface area contributed by atoms with Crippen molar-refractivity contribution in [1.29, 1.82) is 0 Å². The highest BCUT2D eigenvalue weighted by Gasteiger charge is 2.21. The summed E-state index contributed by atoms with van der Waals surface area (Å²) in [4.78, 5) is 24.9. The van der Waals surface area contributed by atoms with Crippen LogP contribution in [0.25, 0.3) is 22.3 Å². The van der Waals surface area contributed by atoms with Gasteiger partial charge in [-0.3, -0.25) is 14.5 Å². The number of amides is 1. The van der Waals surface area contributed by atoms with Crippen LogP contribution in [0.15, 0.2) is 42.6 Å². The molecule has 1 aliphatic heterocycles. The molecule has 1 aromatic carbocycles. The van der Waals surface area contributed by atoms with E-state index in [1.807, 2.05) is 43.8 Å². The van der Waals surface area contributed by atoms with Crippen molar-refractivity contribution in [2.24, 2.45) is 0 Å². The molecule has 1 fully saturated rings. The Hall–Kier alpha value is -3.98. The Morgan fingerprint density at radius 2 is 1.94 bits per heavy atom. The van der Waals surface area contributed by atoms with Crippen molar-refractivity contribution in [3.8, 4) is 17.1 Å². The summed E-state index contributed by atoms with van der Waals surface area (Å²) in [5, 5.41) is 21.9. The number of rotatable bonds is 7. The van der Waals surface area contributed by atoms with Gasteiger partial charge in [-0.2, -0.15) is 5.10 Å². The largest absolute Gasteiger partial charge is 0.508 e. The van der Waals surface area contributed by atoms with E-state index in [2.05, 4.69) is 15.7 Å². The number of phenols is 1. The molecule has 4 heterocycles. The maximum Gasteiger partial charge on any atom is 0.254 e. The van der Waals surface area contributed by atoms with Gasteiger partial charge in [0.05, 0.1) is 34.7 Å². The summed E-state index contributed by atoms with van der Waals surface area (Å²) in [5.41, 5.74) is 6.27. The summed E-state index contributed by atoms with van der Waals surface area (Å²) in [6.45, 7) is 9.06. The van der Waals surface area contributed by atoms with Gasteiger partial charge in [-0.05, 0) is 57.2 Å². The first kappa shape index (κ1) is 23.7. The number of nitrogens with one attached hydrogen (secondary N) is 2. The molecule has 36 heavy (non-hydrogen) atoms. The second-order valence-electron chi connectivity index (χ2n) is 9.37. The van der Waals surface area contributed by atoms with Crippen LogP contribution in [0.2, 0.25) is 0 Å². The molecule has 3 aromatic heterocycles. The molecule has 9 heteroatoms. The van der Waals surface area contributed by atoms with Crippen molar-refractivity contribution >= 4 is 22.5 Å². The van der Waals surface area contributed by atoms with Crippen molar-refractivity contribution in [3.05, 3.63) is 65.1 Å². The minimum absolute atomic E-state index is 0.0862. The highest BCUT2D eigenvalue weighted by atomic mass is 16.3. The van der Waals surface area contributed by atoms with E-state index in [1.165, 1.54) is 0 Å². The van der Waals surface area contributed by atoms with Crippen molar-refractivity contribution < 1.29 is 9.90 Å². The van der Waals surface area contributed by atoms with Gasteiger partial charge in [-0.25, -0.2) is 4.98 Å². The van der Waals surface area contributed by atoms with E-state index in [0.29, 0.717) is 40.4 Å². The van der Waals surface area contributed by atoms with E-state index in [0.717, 1.165) is 42.3 Å². The molecule has 4 aromatic rings. The Labute approximate surface area is 210 Å². The maximum absolute atomic E-state index is 13.7. The third kappa shape index (κ3) is 4.61. The molecule has 0 unspecified atom stereocenters. The second kappa shape index (κ2) is 9.58. The summed E-state index contributed by atoms with van der Waals surface area (Å²) >= 11 is 0. The SMILES string of the molecule is CCn1ncc(CN(C)C(=O)c2cc(-c3cc(NC4CNC4)cc(C)n3)nc3ccc(O)cc23)c1C. The number of anilines is 1. The van der Waals surface area contributed by atoms with Crippen LogP contribution in [0.5, 0.6) is 5.75 Å². The van der Waals surface area contributed by atoms with E-state index >= 15 is 0 Å². The van der Waals surface area contributed by atoms with Crippen LogP contribution in [-0.2, 0) is 13.1 Å². The van der Waals surface area contributed by atoms with Crippen molar-refractivity contribution in [2.75, 3.05) is 25.5 Å². The number of aromatic nitrogens is 4. The molecular weight excluding hydrogens is 454 g/mol. The van der Waals surface area contributed by atoms with Gasteiger partial charge in [-0.1, -0.05) is 0 Å². The molecule has 186 valence electrons. The fourth-order valence-corrected chi connectivity index (χ4v) is 4.52. The minimum atomic E-state index is -0.163. The molecule has 9 nitrogen and oxygen atoms in total. The third-order valence-electron chi connectivity index (χ3n) is 6.65. The molecule has 0 aliphatic carbocycles. The molecule has 1 amide bonds. The summed E-state index contributed by atoms with van der Waals surface area (Å²) in [7, 11) is 1.78. The lowest BCUT2D eigenvalue weighted by molar-refractivity contribution is 0.0787. The summed E-state index contributed by atoms with van der Waals surface area (Å²) in [6, 6.07) is 11.1. The van der Waals surface area contributed by atoms with Crippen LogP contribution >= 0.6 is 0 Å². The number of aromatic hydroxyl groups is 1. The minimum Gasteiger partial charge on any atom is -0.508 e. The van der Waals surface area contributed by atoms with Crippen molar-refractivity contribution in [3.63, 3.8) is 0 Å². The first-order valence-corrected chi connectivity index (χ1v) is 12.2. The molecular formula is C27H31N7O2. The van der Waals surface area contributed by atoms with E-state index in [9.17, 15) is 9.90 Å². The number of hydrogen-bond donors (Lipinski definition) is 3. The van der Waals surface area contributed by atoms with Crippen LogP contribution in [0.4, 0.5) is 5.69 Å². The molecule has 5 rings (SSSR count). The fraction of sp³-hybridized carbons (Fsp3) is 0.333. The smallest absolute Gasteiger partial charge is 0.254 e. The Balaban J connectivity index is 1.54. The zero-order valence-corrected chi connectivity index (χ0v) is 21.0. The number of fused-ring (bicyclic) bond motifs is 1. The maximum atomic E-state index is 13.7. The van der Waals surface area contributed by atoms with Crippen LogP contribution in [-0.4, -0.2) is 61.8 Å². The Kier molecular flexibility index (Phi) is 6.32. The molecule has 0 spiro atoms. The molecule has 1 aliphatic rings. The lowest BCUT2D eigenvalue weighted by atomic mass is 10.0. The number of carbonyl (C=O) groups is 1. The van der Waals surface area contributed by atoms with E-state index in [-0.39, 0.29) is 11.7 Å². The molecule has 0 bridgehead atoms. The highest BCUT2D eigenvalue weighted by Crippen LogP contribution is 2.29. The van der Waals surface area contributed by atoms with E-state index in [4.69, 9.17) is 9.97 Å². The number of hydrogen-bond acceptors (Lipinski definition) is 7. The quantitative estimate of drug-likeness (QED) is 0.368. The Bertz CT molecular complexity index is 1440. The van der Waals surface area contributed by atoms with Gasteiger partial charge in [-0.15, -0.1) is 0 Å². The number of nitrogens with zero attached hydrogens (tertiary/aromatic N) is 5. The average molecular weight is 486 g/mol. The molecule has 0 radical (unpaired) electrons. The van der Waals surface area contributed by atoms with Gasteiger partial charge >= 0.3 is 0 Å². The summed E-state index contributed by atoms with van der Waals surface area (Å²) in [6.07, 6.45) is 1.81. The molecule has 3 N–H and O–H groups in total. The lowest BCUT2D eigenvalue weighted by Crippen LogP contribution is -2.51. The number of phenolic OH excluding ortho intramolecular Hbond substituents is 1. The van der Waals surface area contributed by atoms with Crippen molar-refractivity contribution in [1.82, 2.24) is 30.0 Å². The van der Waals surface area contributed by atoms with Crippen LogP contribution in [0, 0.1) is 13.8 Å². The predicted molar refractivity (Wildman–Crippen MR) is 140 cm³/mol. The van der Waals surface area contributed by atoms with E-state index < -0.39 is 0 Å². The first-order chi connectivity index (χ1) is 17.3. The standard InChI is InChI=1S/C27H31N7O2/c1-5-34-17(3)18(12-29-34)15-33(4)27(36)23-11-26(32-24-7-6-21(35)10-22(23)24)25-9-19(8-16(2)30-25)31-20-13-28-14-20/h6-12,20,28,35H,5,13-15H2,1-4H3,(H,30,31). The third-order valence-corrected chi connectivity index (χ3v) is 6.65. The molecule has 0 saturated carbocycles. The average Bonchev–Trinajstić information content (AvgIpc) is 3.18. The molecule has 1 saturated heterocycles. The van der Waals surface area contributed by atoms with Crippen LogP contribution < -0.4 is 10.6 Å². The van der Waals surface area contributed by atoms with Gasteiger partial charge in [0, 0.05) is 61.3 Å². The van der Waals surface area contributed by atoms with Gasteiger partial charge in [0.15, 0.2) is 0 Å².